The fraction of sp³-hybridized carbons (Fsp3) is 0.923. The van der Waals surface area contributed by atoms with E-state index in [0.29, 0.717) is 19.0 Å². The summed E-state index contributed by atoms with van der Waals surface area (Å²) in [6, 6.07) is 0.261. The van der Waals surface area contributed by atoms with Crippen LogP contribution in [0.1, 0.15) is 46.0 Å². The van der Waals surface area contributed by atoms with Crippen molar-refractivity contribution in [3.63, 3.8) is 0 Å². The molecule has 2 atom stereocenters. The normalized spacial score (nSPS) is 22.3. The third-order valence-corrected chi connectivity index (χ3v) is 4.50. The van der Waals surface area contributed by atoms with Gasteiger partial charge in [-0.25, -0.2) is 0 Å². The molecule has 116 valence electrons. The molecular weight excluding hydrogens is 285 g/mol. The zero-order valence-corrected chi connectivity index (χ0v) is 13.6. The van der Waals surface area contributed by atoms with Crippen LogP contribution in [0.4, 0.5) is 0 Å². The molecule has 0 radical (unpaired) electrons. The summed E-state index contributed by atoms with van der Waals surface area (Å²) in [7, 11) is 0. The Balaban J connectivity index is 0. The lowest BCUT2D eigenvalue weighted by atomic mass is 9.81. The van der Waals surface area contributed by atoms with Crippen LogP contribution in [0.5, 0.6) is 0 Å². The molecule has 1 fully saturated rings. The molecule has 0 aromatic carbocycles. The molecule has 0 heterocycles. The van der Waals surface area contributed by atoms with Crippen LogP contribution in [0, 0.1) is 11.3 Å². The van der Waals surface area contributed by atoms with E-state index in [2.05, 4.69) is 5.32 Å². The quantitative estimate of drug-likeness (QED) is 0.700. The summed E-state index contributed by atoms with van der Waals surface area (Å²) < 4.78 is 0. The molecule has 19 heavy (non-hydrogen) atoms. The van der Waals surface area contributed by atoms with E-state index in [-0.39, 0.29) is 42.2 Å². The first-order valence-corrected chi connectivity index (χ1v) is 6.84. The summed E-state index contributed by atoms with van der Waals surface area (Å²) in [5, 5.41) is 3.17. The molecule has 6 heteroatoms. The van der Waals surface area contributed by atoms with Crippen molar-refractivity contribution < 1.29 is 4.79 Å². The highest BCUT2D eigenvalue weighted by molar-refractivity contribution is 5.85. The number of carbonyl (C=O) groups excluding carboxylic acids is 1. The number of amides is 1. The van der Waals surface area contributed by atoms with Gasteiger partial charge in [0.1, 0.15) is 0 Å². The molecule has 0 saturated heterocycles. The van der Waals surface area contributed by atoms with Crippen LogP contribution in [-0.2, 0) is 4.79 Å². The summed E-state index contributed by atoms with van der Waals surface area (Å²) >= 11 is 0. The lowest BCUT2D eigenvalue weighted by molar-refractivity contribution is -0.132. The van der Waals surface area contributed by atoms with Gasteiger partial charge in [0.25, 0.3) is 0 Å². The Kier molecular flexibility index (Phi) is 11.0. The Morgan fingerprint density at radius 1 is 1.21 bits per heavy atom. The average Bonchev–Trinajstić information content (AvgIpc) is 2.79. The molecule has 0 bridgehead atoms. The molecule has 1 saturated carbocycles. The van der Waals surface area contributed by atoms with E-state index in [9.17, 15) is 4.79 Å². The van der Waals surface area contributed by atoms with Gasteiger partial charge in [-0.2, -0.15) is 0 Å². The highest BCUT2D eigenvalue weighted by atomic mass is 35.5. The van der Waals surface area contributed by atoms with Gasteiger partial charge in [-0.1, -0.05) is 20.3 Å². The second kappa shape index (κ2) is 9.81. The molecular formula is C13H29Cl2N3O. The van der Waals surface area contributed by atoms with E-state index in [0.717, 1.165) is 25.7 Å². The fourth-order valence-electron chi connectivity index (χ4n) is 2.78. The first-order valence-electron chi connectivity index (χ1n) is 6.84. The second-order valence-corrected chi connectivity index (χ2v) is 5.20. The van der Waals surface area contributed by atoms with E-state index < -0.39 is 0 Å². The van der Waals surface area contributed by atoms with Crippen molar-refractivity contribution in [2.24, 2.45) is 22.8 Å². The first-order chi connectivity index (χ1) is 8.13. The summed E-state index contributed by atoms with van der Waals surface area (Å²) in [5.41, 5.74) is 11.1. The van der Waals surface area contributed by atoms with Crippen molar-refractivity contribution in [3.05, 3.63) is 0 Å². The van der Waals surface area contributed by atoms with Crippen molar-refractivity contribution in [2.75, 3.05) is 13.1 Å². The predicted molar refractivity (Wildman–Crippen MR) is 84.9 cm³/mol. The zero-order valence-electron chi connectivity index (χ0n) is 12.0. The molecule has 1 amide bonds. The molecule has 0 aliphatic heterocycles. The fourth-order valence-corrected chi connectivity index (χ4v) is 2.78. The lowest BCUT2D eigenvalue weighted by Gasteiger charge is -2.31. The number of nitrogens with one attached hydrogen (secondary N) is 1. The predicted octanol–water partition coefficient (Wildman–Crippen LogP) is 1.84. The van der Waals surface area contributed by atoms with Gasteiger partial charge in [0.05, 0.1) is 5.41 Å². The average molecular weight is 314 g/mol. The van der Waals surface area contributed by atoms with Crippen LogP contribution >= 0.6 is 24.8 Å². The molecule has 0 aromatic rings. The van der Waals surface area contributed by atoms with Gasteiger partial charge in [0.15, 0.2) is 0 Å². The van der Waals surface area contributed by atoms with Gasteiger partial charge in [0.2, 0.25) is 5.91 Å². The van der Waals surface area contributed by atoms with E-state index >= 15 is 0 Å². The van der Waals surface area contributed by atoms with Crippen LogP contribution in [-0.4, -0.2) is 25.0 Å². The van der Waals surface area contributed by atoms with Crippen molar-refractivity contribution in [2.45, 2.75) is 52.0 Å². The number of carbonyl (C=O) groups is 1. The molecule has 4 nitrogen and oxygen atoms in total. The van der Waals surface area contributed by atoms with E-state index in [1.54, 1.807) is 0 Å². The third-order valence-electron chi connectivity index (χ3n) is 4.50. The van der Waals surface area contributed by atoms with Gasteiger partial charge in [0, 0.05) is 12.6 Å². The van der Waals surface area contributed by atoms with Crippen molar-refractivity contribution in [3.8, 4) is 0 Å². The monoisotopic (exact) mass is 313 g/mol. The summed E-state index contributed by atoms with van der Waals surface area (Å²) in [6.45, 7) is 5.15. The van der Waals surface area contributed by atoms with Crippen LogP contribution in [0.3, 0.4) is 0 Å². The Morgan fingerprint density at radius 3 is 2.21 bits per heavy atom. The summed E-state index contributed by atoms with van der Waals surface area (Å²) in [5.74, 6) is 0.568. The second-order valence-electron chi connectivity index (χ2n) is 5.20. The minimum absolute atomic E-state index is 0. The largest absolute Gasteiger partial charge is 0.353 e. The molecule has 0 aromatic heterocycles. The highest BCUT2D eigenvalue weighted by Crippen LogP contribution is 2.29. The number of hydrogen-bond acceptors (Lipinski definition) is 3. The maximum atomic E-state index is 12.3. The minimum atomic E-state index is -0.387. The first kappa shape index (κ1) is 21.3. The van der Waals surface area contributed by atoms with Gasteiger partial charge in [-0.3, -0.25) is 4.79 Å². The minimum Gasteiger partial charge on any atom is -0.353 e. The third kappa shape index (κ3) is 4.78. The molecule has 1 aliphatic rings. The van der Waals surface area contributed by atoms with E-state index in [1.807, 2.05) is 13.8 Å². The standard InChI is InChI=1S/C13H27N3O.2ClH/c1-3-13(4-2,9-15)12(17)16-11-7-5-6-10(11)8-14;;/h10-11H,3-9,14-15H2,1-2H3,(H,16,17);2*1H. The maximum Gasteiger partial charge on any atom is 0.227 e. The Hall–Kier alpha value is -0.0300. The number of halogens is 2. The smallest absolute Gasteiger partial charge is 0.227 e. The van der Waals surface area contributed by atoms with Crippen molar-refractivity contribution >= 4 is 30.7 Å². The molecule has 0 spiro atoms. The highest BCUT2D eigenvalue weighted by Gasteiger charge is 2.36. The van der Waals surface area contributed by atoms with E-state index in [4.69, 9.17) is 11.5 Å². The molecule has 2 unspecified atom stereocenters. The Labute approximate surface area is 129 Å². The topological polar surface area (TPSA) is 81.1 Å². The SMILES string of the molecule is CCC(CC)(CN)C(=O)NC1CCCC1CN.Cl.Cl. The van der Waals surface area contributed by atoms with Crippen LogP contribution in [0.2, 0.25) is 0 Å². The van der Waals surface area contributed by atoms with Gasteiger partial charge >= 0.3 is 0 Å². The summed E-state index contributed by atoms with van der Waals surface area (Å²) in [6.07, 6.45) is 4.95. The Morgan fingerprint density at radius 2 is 1.79 bits per heavy atom. The molecule has 1 aliphatic carbocycles. The zero-order chi connectivity index (χ0) is 12.9. The van der Waals surface area contributed by atoms with Crippen molar-refractivity contribution in [1.29, 1.82) is 0 Å². The Bertz CT molecular complexity index is 252. The summed E-state index contributed by atoms with van der Waals surface area (Å²) in [4.78, 5) is 12.3. The molecule has 5 N–H and O–H groups in total. The van der Waals surface area contributed by atoms with Crippen LogP contribution in [0.25, 0.3) is 0 Å². The number of hydrogen-bond donors (Lipinski definition) is 3. The van der Waals surface area contributed by atoms with E-state index in [1.165, 1.54) is 6.42 Å². The van der Waals surface area contributed by atoms with Crippen LogP contribution < -0.4 is 16.8 Å². The van der Waals surface area contributed by atoms with Crippen molar-refractivity contribution in [1.82, 2.24) is 5.32 Å². The van der Waals surface area contributed by atoms with Gasteiger partial charge in [-0.15, -0.1) is 24.8 Å². The number of rotatable bonds is 6. The maximum absolute atomic E-state index is 12.3. The van der Waals surface area contributed by atoms with Gasteiger partial charge in [-0.05, 0) is 38.1 Å². The number of nitrogens with two attached hydrogens (primary N) is 2. The lowest BCUT2D eigenvalue weighted by Crippen LogP contribution is -2.50. The molecule has 1 rings (SSSR count). The van der Waals surface area contributed by atoms with Crippen LogP contribution in [0.15, 0.2) is 0 Å². The van der Waals surface area contributed by atoms with Gasteiger partial charge < -0.3 is 16.8 Å².